The highest BCUT2D eigenvalue weighted by Crippen LogP contribution is 2.21. The topological polar surface area (TPSA) is 64.0 Å². The minimum Gasteiger partial charge on any atom is -0.374 e. The molecule has 0 heterocycles. The Morgan fingerprint density at radius 2 is 1.08 bits per heavy atom. The molecule has 2 unspecified atom stereocenters. The fourth-order valence-corrected chi connectivity index (χ4v) is 2.75. The zero-order valence-electron chi connectivity index (χ0n) is 15.9. The smallest absolute Gasteiger partial charge is 0.193 e. The van der Waals surface area contributed by atoms with Gasteiger partial charge in [-0.1, -0.05) is 13.8 Å². The summed E-state index contributed by atoms with van der Waals surface area (Å²) in [5.41, 5.74) is 2.92. The van der Waals surface area contributed by atoms with Gasteiger partial charge in [0.15, 0.2) is 5.78 Å². The second-order valence-electron chi connectivity index (χ2n) is 6.42. The number of anilines is 2. The van der Waals surface area contributed by atoms with Crippen molar-refractivity contribution in [1.82, 2.24) is 0 Å². The van der Waals surface area contributed by atoms with E-state index in [4.69, 9.17) is 0 Å². The van der Waals surface area contributed by atoms with Crippen molar-refractivity contribution in [2.24, 2.45) is 0 Å². The number of nitrogens with zero attached hydrogens (tertiary/aromatic N) is 2. The van der Waals surface area contributed by atoms with Crippen molar-refractivity contribution in [1.29, 1.82) is 0 Å². The fourth-order valence-electron chi connectivity index (χ4n) is 2.75. The van der Waals surface area contributed by atoms with Crippen LogP contribution < -0.4 is 9.80 Å². The van der Waals surface area contributed by atoms with Gasteiger partial charge in [-0.25, -0.2) is 0 Å². The van der Waals surface area contributed by atoms with Crippen LogP contribution in [-0.4, -0.2) is 42.5 Å². The highest BCUT2D eigenvalue weighted by atomic mass is 16.3. The van der Waals surface area contributed by atoms with Gasteiger partial charge < -0.3 is 20.0 Å². The van der Waals surface area contributed by atoms with Crippen molar-refractivity contribution < 1.29 is 15.0 Å². The van der Waals surface area contributed by atoms with E-state index in [-0.39, 0.29) is 5.78 Å². The Kier molecular flexibility index (Phi) is 6.77. The van der Waals surface area contributed by atoms with E-state index in [9.17, 15) is 15.0 Å². The van der Waals surface area contributed by atoms with Crippen molar-refractivity contribution in [2.75, 3.05) is 23.9 Å². The number of benzene rings is 2. The van der Waals surface area contributed by atoms with Crippen LogP contribution >= 0.6 is 0 Å². The third kappa shape index (κ3) is 4.42. The number of rotatable bonds is 8. The Morgan fingerprint density at radius 3 is 1.35 bits per heavy atom. The van der Waals surface area contributed by atoms with Crippen molar-refractivity contribution in [3.05, 3.63) is 59.7 Å². The first-order chi connectivity index (χ1) is 12.4. The van der Waals surface area contributed by atoms with Crippen LogP contribution in [-0.2, 0) is 0 Å². The lowest BCUT2D eigenvalue weighted by Gasteiger charge is -2.25. The fraction of sp³-hybridized carbons (Fsp3) is 0.381. The SMILES string of the molecule is CCC(O)N(C)c1ccc(C(=O)c2ccc(N(C)C(O)CC)cc2)cc1. The molecule has 0 amide bonds. The molecule has 0 radical (unpaired) electrons. The van der Waals surface area contributed by atoms with Crippen LogP contribution in [0.3, 0.4) is 0 Å². The van der Waals surface area contributed by atoms with Gasteiger partial charge in [-0.3, -0.25) is 4.79 Å². The van der Waals surface area contributed by atoms with E-state index in [1.54, 1.807) is 34.1 Å². The molecule has 0 aliphatic rings. The van der Waals surface area contributed by atoms with Gasteiger partial charge in [-0.15, -0.1) is 0 Å². The number of hydrogen-bond donors (Lipinski definition) is 2. The quantitative estimate of drug-likeness (QED) is 0.561. The summed E-state index contributed by atoms with van der Waals surface area (Å²) in [6, 6.07) is 14.5. The lowest BCUT2D eigenvalue weighted by molar-refractivity contribution is 0.103. The molecule has 5 heteroatoms. The van der Waals surface area contributed by atoms with Crippen LogP contribution in [0, 0.1) is 0 Å². The van der Waals surface area contributed by atoms with Gasteiger partial charge in [0, 0.05) is 36.6 Å². The first-order valence-electron chi connectivity index (χ1n) is 8.95. The van der Waals surface area contributed by atoms with Gasteiger partial charge in [-0.2, -0.15) is 0 Å². The van der Waals surface area contributed by atoms with E-state index in [1.807, 2.05) is 52.2 Å². The summed E-state index contributed by atoms with van der Waals surface area (Å²) in [4.78, 5) is 16.2. The molecule has 5 nitrogen and oxygen atoms in total. The maximum absolute atomic E-state index is 12.7. The van der Waals surface area contributed by atoms with Crippen LogP contribution in [0.1, 0.15) is 42.6 Å². The van der Waals surface area contributed by atoms with Gasteiger partial charge in [0.25, 0.3) is 0 Å². The summed E-state index contributed by atoms with van der Waals surface area (Å²) in [7, 11) is 3.65. The molecule has 0 spiro atoms. The highest BCUT2D eigenvalue weighted by Gasteiger charge is 2.14. The maximum Gasteiger partial charge on any atom is 0.193 e. The van der Waals surface area contributed by atoms with Gasteiger partial charge >= 0.3 is 0 Å². The van der Waals surface area contributed by atoms with Crippen LogP contribution in [0.4, 0.5) is 11.4 Å². The molecule has 140 valence electrons. The predicted octanol–water partition coefficient (Wildman–Crippen LogP) is 3.25. The number of carbonyl (C=O) groups is 1. The van der Waals surface area contributed by atoms with E-state index in [1.165, 1.54) is 0 Å². The zero-order chi connectivity index (χ0) is 19.3. The Morgan fingerprint density at radius 1 is 0.769 bits per heavy atom. The van der Waals surface area contributed by atoms with E-state index < -0.39 is 12.5 Å². The highest BCUT2D eigenvalue weighted by molar-refractivity contribution is 6.09. The molecule has 0 fully saturated rings. The van der Waals surface area contributed by atoms with E-state index in [0.717, 1.165) is 11.4 Å². The summed E-state index contributed by atoms with van der Waals surface area (Å²) in [6.45, 7) is 3.83. The molecule has 2 aromatic rings. The second-order valence-corrected chi connectivity index (χ2v) is 6.42. The molecule has 0 aliphatic heterocycles. The molecule has 26 heavy (non-hydrogen) atoms. The van der Waals surface area contributed by atoms with Gasteiger partial charge in [-0.05, 0) is 61.4 Å². The number of ketones is 1. The molecule has 0 aromatic heterocycles. The number of aliphatic hydroxyl groups excluding tert-OH is 2. The molecule has 2 N–H and O–H groups in total. The van der Waals surface area contributed by atoms with E-state index >= 15 is 0 Å². The van der Waals surface area contributed by atoms with E-state index in [2.05, 4.69) is 0 Å². The largest absolute Gasteiger partial charge is 0.374 e. The summed E-state index contributed by atoms with van der Waals surface area (Å²) in [5.74, 6) is -0.0551. The Balaban J connectivity index is 2.14. The standard InChI is InChI=1S/C21H28N2O3/c1-5-19(24)22(3)17-11-7-15(8-12-17)21(26)16-9-13-18(14-10-16)23(4)20(25)6-2/h7-14,19-20,24-25H,5-6H2,1-4H3. The number of hydrogen-bond acceptors (Lipinski definition) is 5. The molecule has 0 aliphatic carbocycles. The average molecular weight is 356 g/mol. The number of carbonyl (C=O) groups excluding carboxylic acids is 1. The molecule has 2 atom stereocenters. The van der Waals surface area contributed by atoms with Crippen LogP contribution in [0.15, 0.2) is 48.5 Å². The molecule has 0 saturated carbocycles. The lowest BCUT2D eigenvalue weighted by atomic mass is 10.0. The summed E-state index contributed by atoms with van der Waals surface area (Å²) in [6.07, 6.45) is 0.175. The van der Waals surface area contributed by atoms with Gasteiger partial charge in [0.1, 0.15) is 12.5 Å². The average Bonchev–Trinajstić information content (AvgIpc) is 2.71. The first kappa shape index (κ1) is 19.9. The summed E-state index contributed by atoms with van der Waals surface area (Å²) >= 11 is 0. The first-order valence-corrected chi connectivity index (χ1v) is 8.95. The Bertz CT molecular complexity index is 652. The molecular weight excluding hydrogens is 328 g/mol. The summed E-state index contributed by atoms with van der Waals surface area (Å²) < 4.78 is 0. The van der Waals surface area contributed by atoms with Crippen molar-refractivity contribution in [3.63, 3.8) is 0 Å². The Labute approximate surface area is 155 Å². The van der Waals surface area contributed by atoms with Crippen LogP contribution in [0.2, 0.25) is 0 Å². The van der Waals surface area contributed by atoms with Crippen molar-refractivity contribution in [3.8, 4) is 0 Å². The molecule has 2 rings (SSSR count). The zero-order valence-corrected chi connectivity index (χ0v) is 15.9. The Hall–Kier alpha value is -2.37. The second kappa shape index (κ2) is 8.83. The maximum atomic E-state index is 12.7. The minimum absolute atomic E-state index is 0.0551. The van der Waals surface area contributed by atoms with Crippen LogP contribution in [0.25, 0.3) is 0 Å². The van der Waals surface area contributed by atoms with Crippen molar-refractivity contribution in [2.45, 2.75) is 39.1 Å². The van der Waals surface area contributed by atoms with Crippen LogP contribution in [0.5, 0.6) is 0 Å². The normalized spacial score (nSPS) is 13.2. The monoisotopic (exact) mass is 356 g/mol. The summed E-state index contributed by atoms with van der Waals surface area (Å²) in [5, 5.41) is 19.8. The van der Waals surface area contributed by atoms with Crippen molar-refractivity contribution >= 4 is 17.2 Å². The predicted molar refractivity (Wildman–Crippen MR) is 106 cm³/mol. The molecule has 0 bridgehead atoms. The molecule has 0 saturated heterocycles. The van der Waals surface area contributed by atoms with E-state index in [0.29, 0.717) is 24.0 Å². The van der Waals surface area contributed by atoms with Gasteiger partial charge in [0.2, 0.25) is 0 Å². The minimum atomic E-state index is -0.542. The lowest BCUT2D eigenvalue weighted by Crippen LogP contribution is -2.30. The third-order valence-electron chi connectivity index (χ3n) is 4.70. The molecule has 2 aromatic carbocycles. The third-order valence-corrected chi connectivity index (χ3v) is 4.70. The molecular formula is C21H28N2O3. The van der Waals surface area contributed by atoms with Gasteiger partial charge in [0.05, 0.1) is 0 Å². The number of aliphatic hydroxyl groups is 2.